The van der Waals surface area contributed by atoms with Gasteiger partial charge in [0.15, 0.2) is 9.84 Å². The highest BCUT2D eigenvalue weighted by atomic mass is 32.2. The van der Waals surface area contributed by atoms with Crippen LogP contribution in [0.3, 0.4) is 0 Å². The molecule has 108 valence electrons. The Morgan fingerprint density at radius 1 is 1.32 bits per heavy atom. The summed E-state index contributed by atoms with van der Waals surface area (Å²) in [6.45, 7) is 1.61. The van der Waals surface area contributed by atoms with Crippen molar-refractivity contribution in [2.75, 3.05) is 38.7 Å². The van der Waals surface area contributed by atoms with Crippen LogP contribution in [0, 0.1) is 5.41 Å². The third-order valence-electron chi connectivity index (χ3n) is 4.04. The second-order valence-corrected chi connectivity index (χ2v) is 7.89. The Balaban J connectivity index is 2.07. The highest BCUT2D eigenvalue weighted by Crippen LogP contribution is 2.39. The molecule has 0 saturated carbocycles. The van der Waals surface area contributed by atoms with E-state index >= 15 is 0 Å². The Kier molecular flexibility index (Phi) is 3.59. The van der Waals surface area contributed by atoms with Gasteiger partial charge in [-0.25, -0.2) is 8.42 Å². The number of carbonyl (C=O) groups excluding carboxylic acids is 2. The molecule has 0 aliphatic carbocycles. The van der Waals surface area contributed by atoms with Gasteiger partial charge in [0.05, 0.1) is 5.41 Å². The summed E-state index contributed by atoms with van der Waals surface area (Å²) in [5.41, 5.74) is -0.472. The van der Waals surface area contributed by atoms with Crippen molar-refractivity contribution in [3.63, 3.8) is 0 Å². The average Bonchev–Trinajstić information content (AvgIpc) is 2.69. The topological polar surface area (TPSA) is 74.8 Å². The summed E-state index contributed by atoms with van der Waals surface area (Å²) in [5.74, 6) is -0.763. The lowest BCUT2D eigenvalue weighted by atomic mass is 9.78. The fourth-order valence-electron chi connectivity index (χ4n) is 3.05. The number of rotatable bonds is 2. The molecule has 1 atom stereocenters. The number of hydrogen-bond donors (Lipinski definition) is 0. The maximum Gasteiger partial charge on any atom is 0.237 e. The minimum absolute atomic E-state index is 0.0911. The Labute approximate surface area is 113 Å². The zero-order chi connectivity index (χ0) is 14.3. The van der Waals surface area contributed by atoms with E-state index in [1.807, 2.05) is 0 Å². The summed E-state index contributed by atoms with van der Waals surface area (Å²) < 4.78 is 22.3. The fourth-order valence-corrected chi connectivity index (χ4v) is 3.68. The first-order valence-electron chi connectivity index (χ1n) is 6.45. The largest absolute Gasteiger partial charge is 0.345 e. The molecule has 2 amide bonds. The lowest BCUT2D eigenvalue weighted by Crippen LogP contribution is -2.49. The smallest absolute Gasteiger partial charge is 0.237 e. The van der Waals surface area contributed by atoms with Crippen molar-refractivity contribution >= 4 is 21.7 Å². The molecule has 0 radical (unpaired) electrons. The predicted octanol–water partition coefficient (Wildman–Crippen LogP) is -0.498. The van der Waals surface area contributed by atoms with Gasteiger partial charge in [0, 0.05) is 32.9 Å². The molecule has 7 heteroatoms. The van der Waals surface area contributed by atoms with Crippen LogP contribution in [0.4, 0.5) is 0 Å². The maximum absolute atomic E-state index is 12.3. The first kappa shape index (κ1) is 14.3. The number of nitrogens with zero attached hydrogens (tertiary/aromatic N) is 2. The molecule has 0 aromatic carbocycles. The van der Waals surface area contributed by atoms with E-state index in [9.17, 15) is 18.0 Å². The van der Waals surface area contributed by atoms with Crippen molar-refractivity contribution < 1.29 is 18.0 Å². The summed E-state index contributed by atoms with van der Waals surface area (Å²) in [4.78, 5) is 27.4. The van der Waals surface area contributed by atoms with Crippen LogP contribution < -0.4 is 0 Å². The van der Waals surface area contributed by atoms with Crippen molar-refractivity contribution in [2.24, 2.45) is 5.41 Å². The van der Waals surface area contributed by atoms with Gasteiger partial charge in [-0.3, -0.25) is 9.59 Å². The highest BCUT2D eigenvalue weighted by Gasteiger charge is 2.48. The molecule has 2 aliphatic rings. The van der Waals surface area contributed by atoms with Gasteiger partial charge in [-0.2, -0.15) is 0 Å². The van der Waals surface area contributed by atoms with Crippen LogP contribution in [-0.2, 0) is 19.4 Å². The molecule has 0 aromatic heterocycles. The van der Waals surface area contributed by atoms with Crippen molar-refractivity contribution in [1.29, 1.82) is 0 Å². The number of sulfone groups is 1. The standard InChI is InChI=1S/C12H20N2O4S/c1-13-6-3-4-12(11(13)16)5-7-14(9-12)10(15)8-19(2,17)18/h3-9H2,1-2H3. The summed E-state index contributed by atoms with van der Waals surface area (Å²) in [7, 11) is -1.53. The van der Waals surface area contributed by atoms with Gasteiger partial charge in [0.2, 0.25) is 11.8 Å². The minimum atomic E-state index is -3.31. The van der Waals surface area contributed by atoms with Crippen LogP contribution in [0.15, 0.2) is 0 Å². The Morgan fingerprint density at radius 3 is 2.63 bits per heavy atom. The quantitative estimate of drug-likeness (QED) is 0.686. The lowest BCUT2D eigenvalue weighted by molar-refractivity contribution is -0.144. The molecule has 19 heavy (non-hydrogen) atoms. The average molecular weight is 288 g/mol. The molecule has 2 saturated heterocycles. The Bertz CT molecular complexity index is 502. The summed E-state index contributed by atoms with van der Waals surface area (Å²) in [5, 5.41) is 0. The SMILES string of the molecule is CN1CCCC2(CCN(C(=O)CS(C)(=O)=O)C2)C1=O. The van der Waals surface area contributed by atoms with Crippen molar-refractivity contribution in [2.45, 2.75) is 19.3 Å². The summed E-state index contributed by atoms with van der Waals surface area (Å²) >= 11 is 0. The molecule has 2 heterocycles. The number of amides is 2. The molecular formula is C12H20N2O4S. The van der Waals surface area contributed by atoms with E-state index in [1.54, 1.807) is 11.9 Å². The molecule has 2 fully saturated rings. The second kappa shape index (κ2) is 4.77. The number of carbonyl (C=O) groups is 2. The number of piperidine rings is 1. The van der Waals surface area contributed by atoms with Crippen LogP contribution >= 0.6 is 0 Å². The van der Waals surface area contributed by atoms with Gasteiger partial charge in [-0.15, -0.1) is 0 Å². The van der Waals surface area contributed by atoms with Crippen LogP contribution in [0.2, 0.25) is 0 Å². The summed E-state index contributed by atoms with van der Waals surface area (Å²) in [6, 6.07) is 0. The lowest BCUT2D eigenvalue weighted by Gasteiger charge is -2.37. The van der Waals surface area contributed by atoms with Crippen molar-refractivity contribution in [3.05, 3.63) is 0 Å². The molecule has 0 bridgehead atoms. The van der Waals surface area contributed by atoms with Crippen molar-refractivity contribution in [3.8, 4) is 0 Å². The van der Waals surface area contributed by atoms with E-state index in [-0.39, 0.29) is 11.8 Å². The third kappa shape index (κ3) is 2.91. The highest BCUT2D eigenvalue weighted by molar-refractivity contribution is 7.91. The Morgan fingerprint density at radius 2 is 2.00 bits per heavy atom. The summed E-state index contributed by atoms with van der Waals surface area (Å²) in [6.07, 6.45) is 3.43. The molecule has 0 aromatic rings. The number of likely N-dealkylation sites (tertiary alicyclic amines) is 2. The van der Waals surface area contributed by atoms with Gasteiger partial charge in [0.1, 0.15) is 5.75 Å². The molecule has 1 unspecified atom stereocenters. The molecule has 0 N–H and O–H groups in total. The van der Waals surface area contributed by atoms with Crippen LogP contribution in [0.25, 0.3) is 0 Å². The molecule has 2 aliphatic heterocycles. The first-order chi connectivity index (χ1) is 8.73. The minimum Gasteiger partial charge on any atom is -0.345 e. The van der Waals surface area contributed by atoms with Crippen LogP contribution in [0.5, 0.6) is 0 Å². The fraction of sp³-hybridized carbons (Fsp3) is 0.833. The van der Waals surface area contributed by atoms with Crippen LogP contribution in [0.1, 0.15) is 19.3 Å². The van der Waals surface area contributed by atoms with E-state index < -0.39 is 21.0 Å². The Hall–Kier alpha value is -1.11. The van der Waals surface area contributed by atoms with E-state index in [0.29, 0.717) is 19.5 Å². The zero-order valence-electron chi connectivity index (χ0n) is 11.4. The van der Waals surface area contributed by atoms with Gasteiger partial charge < -0.3 is 9.80 Å². The normalized spacial score (nSPS) is 28.2. The predicted molar refractivity (Wildman–Crippen MR) is 70.2 cm³/mol. The first-order valence-corrected chi connectivity index (χ1v) is 8.51. The monoisotopic (exact) mass is 288 g/mol. The maximum atomic E-state index is 12.3. The van der Waals surface area contributed by atoms with Gasteiger partial charge in [-0.05, 0) is 19.3 Å². The van der Waals surface area contributed by atoms with E-state index in [2.05, 4.69) is 0 Å². The van der Waals surface area contributed by atoms with Gasteiger partial charge in [-0.1, -0.05) is 0 Å². The van der Waals surface area contributed by atoms with Crippen molar-refractivity contribution in [1.82, 2.24) is 9.80 Å². The molecule has 1 spiro atoms. The number of hydrogen-bond acceptors (Lipinski definition) is 4. The third-order valence-corrected chi connectivity index (χ3v) is 4.81. The molecular weight excluding hydrogens is 268 g/mol. The van der Waals surface area contributed by atoms with Gasteiger partial charge >= 0.3 is 0 Å². The zero-order valence-corrected chi connectivity index (χ0v) is 12.2. The van der Waals surface area contributed by atoms with E-state index in [1.165, 1.54) is 4.90 Å². The molecule has 6 nitrogen and oxygen atoms in total. The van der Waals surface area contributed by atoms with Crippen LogP contribution in [-0.4, -0.2) is 68.7 Å². The van der Waals surface area contributed by atoms with Gasteiger partial charge in [0.25, 0.3) is 0 Å². The second-order valence-electron chi connectivity index (χ2n) is 5.75. The van der Waals surface area contributed by atoms with E-state index in [0.717, 1.165) is 25.6 Å². The van der Waals surface area contributed by atoms with E-state index in [4.69, 9.17) is 0 Å². The molecule has 2 rings (SSSR count).